The molecule has 11 heteroatoms. The molecule has 1 saturated heterocycles. The molecular formula is C19H22F2N2O5S2. The van der Waals surface area contributed by atoms with Gasteiger partial charge in [0.15, 0.2) is 14.7 Å². The summed E-state index contributed by atoms with van der Waals surface area (Å²) in [6.45, 7) is 0.734. The molecule has 2 aromatic rings. The third-order valence-electron chi connectivity index (χ3n) is 4.92. The smallest absolute Gasteiger partial charge is 0.249 e. The van der Waals surface area contributed by atoms with Gasteiger partial charge in [-0.1, -0.05) is 12.1 Å². The van der Waals surface area contributed by atoms with Gasteiger partial charge in [-0.05, 0) is 30.3 Å². The number of sulfonamides is 1. The number of methoxy groups -OCH3 is 1. The van der Waals surface area contributed by atoms with Crippen LogP contribution in [0.5, 0.6) is 5.75 Å². The van der Waals surface area contributed by atoms with E-state index in [1.54, 1.807) is 17.0 Å². The molecule has 30 heavy (non-hydrogen) atoms. The van der Waals surface area contributed by atoms with Crippen LogP contribution in [0.2, 0.25) is 0 Å². The molecule has 1 fully saturated rings. The van der Waals surface area contributed by atoms with E-state index in [9.17, 15) is 25.6 Å². The zero-order chi connectivity index (χ0) is 21.9. The molecule has 1 aliphatic rings. The normalized spacial score (nSPS) is 16.5. The van der Waals surface area contributed by atoms with Crippen LogP contribution in [0.15, 0.2) is 52.3 Å². The van der Waals surface area contributed by atoms with E-state index >= 15 is 0 Å². The number of halogens is 2. The number of piperazine rings is 1. The van der Waals surface area contributed by atoms with Crippen LogP contribution in [-0.4, -0.2) is 71.6 Å². The fourth-order valence-electron chi connectivity index (χ4n) is 3.21. The molecule has 0 spiro atoms. The molecule has 3 rings (SSSR count). The van der Waals surface area contributed by atoms with Crippen LogP contribution in [0.4, 0.5) is 8.78 Å². The average molecular weight is 461 g/mol. The van der Waals surface area contributed by atoms with Crippen molar-refractivity contribution >= 4 is 19.9 Å². The van der Waals surface area contributed by atoms with Gasteiger partial charge in [-0.15, -0.1) is 0 Å². The quantitative estimate of drug-likeness (QED) is 0.626. The van der Waals surface area contributed by atoms with Crippen LogP contribution in [0, 0.1) is 11.6 Å². The minimum absolute atomic E-state index is 0.00924. The molecule has 164 valence electrons. The highest BCUT2D eigenvalue weighted by Crippen LogP contribution is 2.24. The van der Waals surface area contributed by atoms with Gasteiger partial charge < -0.3 is 4.74 Å². The predicted molar refractivity (Wildman–Crippen MR) is 107 cm³/mol. The van der Waals surface area contributed by atoms with E-state index < -0.39 is 36.4 Å². The van der Waals surface area contributed by atoms with Crippen LogP contribution in [0.3, 0.4) is 0 Å². The maximum atomic E-state index is 13.9. The summed E-state index contributed by atoms with van der Waals surface area (Å²) in [5, 5.41) is 0. The largest absolute Gasteiger partial charge is 0.497 e. The zero-order valence-corrected chi connectivity index (χ0v) is 17.9. The van der Waals surface area contributed by atoms with Crippen molar-refractivity contribution in [1.29, 1.82) is 0 Å². The Morgan fingerprint density at radius 1 is 0.933 bits per heavy atom. The Hall–Kier alpha value is -2.08. The van der Waals surface area contributed by atoms with Crippen molar-refractivity contribution in [3.8, 4) is 5.75 Å². The van der Waals surface area contributed by atoms with E-state index in [1.807, 2.05) is 0 Å². The molecule has 0 atom stereocenters. The predicted octanol–water partition coefficient (Wildman–Crippen LogP) is 1.75. The molecule has 0 unspecified atom stereocenters. The number of sulfone groups is 1. The highest BCUT2D eigenvalue weighted by Gasteiger charge is 2.33. The van der Waals surface area contributed by atoms with Crippen molar-refractivity contribution < 1.29 is 30.4 Å². The SMILES string of the molecule is COc1cccc(S(=O)(=O)CCN2CCN(S(=O)(=O)c3c(F)cccc3F)CC2)c1. The van der Waals surface area contributed by atoms with E-state index in [0.29, 0.717) is 5.75 Å². The summed E-state index contributed by atoms with van der Waals surface area (Å²) in [5.41, 5.74) is 0. The van der Waals surface area contributed by atoms with Crippen LogP contribution in [0.1, 0.15) is 0 Å². The van der Waals surface area contributed by atoms with Crippen molar-refractivity contribution in [3.63, 3.8) is 0 Å². The Bertz CT molecular complexity index is 1100. The van der Waals surface area contributed by atoms with Gasteiger partial charge in [0.05, 0.1) is 17.8 Å². The maximum absolute atomic E-state index is 13.9. The van der Waals surface area contributed by atoms with Crippen molar-refractivity contribution in [2.45, 2.75) is 9.79 Å². The first-order chi connectivity index (χ1) is 14.1. The maximum Gasteiger partial charge on any atom is 0.249 e. The molecule has 1 aliphatic heterocycles. The summed E-state index contributed by atoms with van der Waals surface area (Å²) < 4.78 is 84.2. The van der Waals surface area contributed by atoms with Crippen LogP contribution < -0.4 is 4.74 Å². The second-order valence-electron chi connectivity index (χ2n) is 6.79. The van der Waals surface area contributed by atoms with E-state index in [4.69, 9.17) is 4.74 Å². The summed E-state index contributed by atoms with van der Waals surface area (Å²) in [6, 6.07) is 9.08. The standard InChI is InChI=1S/C19H22F2N2O5S2/c1-28-15-4-2-5-16(14-15)29(24,25)13-12-22-8-10-23(11-9-22)30(26,27)19-17(20)6-3-7-18(19)21/h2-7,14H,8-13H2,1H3. The number of nitrogens with zero attached hydrogens (tertiary/aromatic N) is 2. The molecule has 0 aromatic heterocycles. The fraction of sp³-hybridized carbons (Fsp3) is 0.368. The summed E-state index contributed by atoms with van der Waals surface area (Å²) >= 11 is 0. The third kappa shape index (κ3) is 4.80. The molecular weight excluding hydrogens is 438 g/mol. The zero-order valence-electron chi connectivity index (χ0n) is 16.3. The molecule has 1 heterocycles. The molecule has 0 bridgehead atoms. The number of hydrogen-bond acceptors (Lipinski definition) is 6. The first-order valence-corrected chi connectivity index (χ1v) is 12.3. The number of benzene rings is 2. The van der Waals surface area contributed by atoms with E-state index in [-0.39, 0.29) is 43.4 Å². The monoisotopic (exact) mass is 460 g/mol. The highest BCUT2D eigenvalue weighted by atomic mass is 32.2. The van der Waals surface area contributed by atoms with E-state index in [0.717, 1.165) is 22.5 Å². The Morgan fingerprint density at radius 3 is 2.13 bits per heavy atom. The Balaban J connectivity index is 1.62. The lowest BCUT2D eigenvalue weighted by atomic mass is 10.3. The van der Waals surface area contributed by atoms with Gasteiger partial charge in [0.25, 0.3) is 0 Å². The van der Waals surface area contributed by atoms with Crippen molar-refractivity contribution in [3.05, 3.63) is 54.1 Å². The molecule has 0 amide bonds. The molecule has 0 saturated carbocycles. The summed E-state index contributed by atoms with van der Waals surface area (Å²) in [7, 11) is -6.41. The van der Waals surface area contributed by atoms with Gasteiger partial charge in [0, 0.05) is 32.7 Å². The number of ether oxygens (including phenoxy) is 1. The van der Waals surface area contributed by atoms with Crippen LogP contribution in [-0.2, 0) is 19.9 Å². The lowest BCUT2D eigenvalue weighted by Crippen LogP contribution is -2.49. The van der Waals surface area contributed by atoms with E-state index in [2.05, 4.69) is 0 Å². The molecule has 2 aromatic carbocycles. The van der Waals surface area contributed by atoms with Crippen LogP contribution in [0.25, 0.3) is 0 Å². The Morgan fingerprint density at radius 2 is 1.53 bits per heavy atom. The molecule has 0 aliphatic carbocycles. The summed E-state index contributed by atoms with van der Waals surface area (Å²) in [5.74, 6) is -1.98. The van der Waals surface area contributed by atoms with E-state index in [1.165, 1.54) is 19.2 Å². The molecule has 0 radical (unpaired) electrons. The minimum Gasteiger partial charge on any atom is -0.497 e. The van der Waals surface area contributed by atoms with Crippen molar-refractivity contribution in [2.24, 2.45) is 0 Å². The van der Waals surface area contributed by atoms with Gasteiger partial charge in [-0.3, -0.25) is 4.90 Å². The van der Waals surface area contributed by atoms with Gasteiger partial charge in [-0.25, -0.2) is 25.6 Å². The lowest BCUT2D eigenvalue weighted by Gasteiger charge is -2.33. The number of hydrogen-bond donors (Lipinski definition) is 0. The van der Waals surface area contributed by atoms with Gasteiger partial charge in [-0.2, -0.15) is 4.31 Å². The second-order valence-corrected chi connectivity index (χ2v) is 10.8. The van der Waals surface area contributed by atoms with Crippen molar-refractivity contribution in [1.82, 2.24) is 9.21 Å². The molecule has 7 nitrogen and oxygen atoms in total. The topological polar surface area (TPSA) is 84.0 Å². The summed E-state index contributed by atoms with van der Waals surface area (Å²) in [6.07, 6.45) is 0. The molecule has 0 N–H and O–H groups in total. The Kier molecular flexibility index (Phi) is 6.75. The van der Waals surface area contributed by atoms with Crippen LogP contribution >= 0.6 is 0 Å². The highest BCUT2D eigenvalue weighted by molar-refractivity contribution is 7.91. The first kappa shape index (κ1) is 22.6. The Labute approximate surface area is 174 Å². The lowest BCUT2D eigenvalue weighted by molar-refractivity contribution is 0.196. The van der Waals surface area contributed by atoms with Gasteiger partial charge in [0.2, 0.25) is 10.0 Å². The second kappa shape index (κ2) is 8.96. The average Bonchev–Trinajstić information content (AvgIpc) is 2.72. The summed E-state index contributed by atoms with van der Waals surface area (Å²) in [4.78, 5) is 0.999. The minimum atomic E-state index is -4.32. The fourth-order valence-corrected chi connectivity index (χ4v) is 6.06. The van der Waals surface area contributed by atoms with Gasteiger partial charge >= 0.3 is 0 Å². The first-order valence-electron chi connectivity index (χ1n) is 9.18. The van der Waals surface area contributed by atoms with Gasteiger partial charge in [0.1, 0.15) is 17.4 Å². The van der Waals surface area contributed by atoms with Crippen molar-refractivity contribution in [2.75, 3.05) is 45.6 Å². The number of rotatable bonds is 7. The third-order valence-corrected chi connectivity index (χ3v) is 8.57.